The molecule has 106 valence electrons. The number of nitrogens with one attached hydrogen (secondary N) is 1. The summed E-state index contributed by atoms with van der Waals surface area (Å²) in [6, 6.07) is 8.52. The minimum absolute atomic E-state index is 0.242. The summed E-state index contributed by atoms with van der Waals surface area (Å²) in [6.07, 6.45) is 0. The van der Waals surface area contributed by atoms with Gasteiger partial charge in [-0.2, -0.15) is 0 Å². The second-order valence-electron chi connectivity index (χ2n) is 4.08. The van der Waals surface area contributed by atoms with E-state index in [9.17, 15) is 17.2 Å². The second kappa shape index (κ2) is 5.56. The molecule has 7 heteroatoms. The molecule has 2 rings (SSSR count). The van der Waals surface area contributed by atoms with Crippen molar-refractivity contribution in [3.05, 3.63) is 59.7 Å². The smallest absolute Gasteiger partial charge is 0.264 e. The van der Waals surface area contributed by atoms with Gasteiger partial charge in [-0.25, -0.2) is 17.2 Å². The molecule has 0 spiro atoms. The van der Waals surface area contributed by atoms with Gasteiger partial charge in [-0.1, -0.05) is 12.1 Å². The number of rotatable bonds is 4. The highest BCUT2D eigenvalue weighted by Crippen LogP contribution is 2.20. The second-order valence-corrected chi connectivity index (χ2v) is 5.73. The van der Waals surface area contributed by atoms with Crippen LogP contribution in [0.1, 0.15) is 5.56 Å². The fourth-order valence-corrected chi connectivity index (χ4v) is 2.75. The predicted octanol–water partition coefficient (Wildman–Crippen LogP) is 2.22. The summed E-state index contributed by atoms with van der Waals surface area (Å²) in [7, 11) is -4.18. The minimum Gasteiger partial charge on any atom is -0.326 e. The van der Waals surface area contributed by atoms with Crippen molar-refractivity contribution in [2.45, 2.75) is 11.4 Å². The number of halogens is 2. The number of hydrogen-bond acceptors (Lipinski definition) is 3. The van der Waals surface area contributed by atoms with Gasteiger partial charge in [-0.05, 0) is 35.9 Å². The molecule has 0 saturated heterocycles. The van der Waals surface area contributed by atoms with Crippen molar-refractivity contribution in [3.8, 4) is 0 Å². The summed E-state index contributed by atoms with van der Waals surface area (Å²) in [4.78, 5) is -0.736. The third-order valence-corrected chi connectivity index (χ3v) is 4.02. The van der Waals surface area contributed by atoms with E-state index in [1.54, 1.807) is 12.1 Å². The molecule has 0 amide bonds. The SMILES string of the molecule is NCc1ccc(NS(=O)(=O)c2cc(F)ccc2F)cc1. The number of benzene rings is 2. The molecule has 0 fully saturated rings. The maximum Gasteiger partial charge on any atom is 0.264 e. The lowest BCUT2D eigenvalue weighted by Crippen LogP contribution is -2.15. The average molecular weight is 298 g/mol. The summed E-state index contributed by atoms with van der Waals surface area (Å²) in [5.41, 5.74) is 6.49. The summed E-state index contributed by atoms with van der Waals surface area (Å²) >= 11 is 0. The topological polar surface area (TPSA) is 72.2 Å². The Labute approximate surface area is 115 Å². The Bertz CT molecular complexity index is 716. The third kappa shape index (κ3) is 3.12. The number of anilines is 1. The van der Waals surface area contributed by atoms with Crippen LogP contribution in [0.15, 0.2) is 47.4 Å². The van der Waals surface area contributed by atoms with Crippen LogP contribution in [0.25, 0.3) is 0 Å². The first-order chi connectivity index (χ1) is 9.42. The number of hydrogen-bond donors (Lipinski definition) is 2. The molecular weight excluding hydrogens is 286 g/mol. The Morgan fingerprint density at radius 1 is 1.05 bits per heavy atom. The van der Waals surface area contributed by atoms with Gasteiger partial charge in [0, 0.05) is 12.2 Å². The van der Waals surface area contributed by atoms with Crippen LogP contribution < -0.4 is 10.5 Å². The molecule has 0 unspecified atom stereocenters. The van der Waals surface area contributed by atoms with Crippen LogP contribution in [0.4, 0.5) is 14.5 Å². The molecule has 0 heterocycles. The van der Waals surface area contributed by atoms with Crippen molar-refractivity contribution < 1.29 is 17.2 Å². The minimum atomic E-state index is -4.18. The maximum absolute atomic E-state index is 13.5. The van der Waals surface area contributed by atoms with Crippen LogP contribution in [-0.2, 0) is 16.6 Å². The Hall–Kier alpha value is -1.99. The molecule has 0 aliphatic carbocycles. The molecule has 4 nitrogen and oxygen atoms in total. The molecule has 0 aromatic heterocycles. The van der Waals surface area contributed by atoms with Crippen LogP contribution in [0.3, 0.4) is 0 Å². The summed E-state index contributed by atoms with van der Waals surface area (Å²) in [6.45, 7) is 0.325. The van der Waals surface area contributed by atoms with Gasteiger partial charge in [0.25, 0.3) is 10.0 Å². The van der Waals surface area contributed by atoms with E-state index >= 15 is 0 Å². The van der Waals surface area contributed by atoms with E-state index in [0.29, 0.717) is 12.6 Å². The van der Waals surface area contributed by atoms with Crippen molar-refractivity contribution in [2.75, 3.05) is 4.72 Å². The Kier molecular flexibility index (Phi) is 4.01. The lowest BCUT2D eigenvalue weighted by atomic mass is 10.2. The van der Waals surface area contributed by atoms with E-state index in [-0.39, 0.29) is 5.69 Å². The molecule has 0 bridgehead atoms. The monoisotopic (exact) mass is 298 g/mol. The van der Waals surface area contributed by atoms with Gasteiger partial charge >= 0.3 is 0 Å². The molecule has 0 aliphatic rings. The average Bonchev–Trinajstić information content (AvgIpc) is 2.42. The molecular formula is C13H12F2N2O2S. The molecule has 0 atom stereocenters. The third-order valence-electron chi connectivity index (χ3n) is 2.62. The van der Waals surface area contributed by atoms with E-state index in [1.807, 2.05) is 0 Å². The lowest BCUT2D eigenvalue weighted by molar-refractivity contribution is 0.555. The number of nitrogens with two attached hydrogens (primary N) is 1. The van der Waals surface area contributed by atoms with Crippen molar-refractivity contribution >= 4 is 15.7 Å². The first-order valence-corrected chi connectivity index (χ1v) is 7.17. The molecule has 0 radical (unpaired) electrons. The Morgan fingerprint density at radius 2 is 1.70 bits per heavy atom. The van der Waals surface area contributed by atoms with Gasteiger partial charge < -0.3 is 5.73 Å². The zero-order chi connectivity index (χ0) is 14.8. The lowest BCUT2D eigenvalue weighted by Gasteiger charge is -2.09. The molecule has 0 saturated carbocycles. The van der Waals surface area contributed by atoms with Gasteiger partial charge in [0.05, 0.1) is 0 Å². The van der Waals surface area contributed by atoms with Crippen LogP contribution in [0.2, 0.25) is 0 Å². The van der Waals surface area contributed by atoms with Crippen molar-refractivity contribution in [2.24, 2.45) is 5.73 Å². The normalized spacial score (nSPS) is 11.3. The standard InChI is InChI=1S/C13H12F2N2O2S/c14-10-3-6-12(15)13(7-10)20(18,19)17-11-4-1-9(8-16)2-5-11/h1-7,17H,8,16H2. The molecule has 2 aromatic rings. The zero-order valence-corrected chi connectivity index (χ0v) is 11.1. The van der Waals surface area contributed by atoms with E-state index in [2.05, 4.69) is 4.72 Å². The first kappa shape index (κ1) is 14.4. The van der Waals surface area contributed by atoms with Crippen LogP contribution in [0.5, 0.6) is 0 Å². The van der Waals surface area contributed by atoms with Gasteiger partial charge in [-0.3, -0.25) is 4.72 Å². The quantitative estimate of drug-likeness (QED) is 0.909. The van der Waals surface area contributed by atoms with E-state index < -0.39 is 26.6 Å². The predicted molar refractivity (Wildman–Crippen MR) is 71.5 cm³/mol. The van der Waals surface area contributed by atoms with E-state index in [0.717, 1.165) is 17.7 Å². The largest absolute Gasteiger partial charge is 0.326 e. The Balaban J connectivity index is 2.32. The maximum atomic E-state index is 13.5. The fraction of sp³-hybridized carbons (Fsp3) is 0.0769. The van der Waals surface area contributed by atoms with Gasteiger partial charge in [0.15, 0.2) is 0 Å². The van der Waals surface area contributed by atoms with Gasteiger partial charge in [0.2, 0.25) is 0 Å². The van der Waals surface area contributed by atoms with Crippen molar-refractivity contribution in [1.82, 2.24) is 0 Å². The van der Waals surface area contributed by atoms with E-state index in [4.69, 9.17) is 5.73 Å². The summed E-state index contributed by atoms with van der Waals surface area (Å²) in [5, 5.41) is 0. The molecule has 3 N–H and O–H groups in total. The van der Waals surface area contributed by atoms with Crippen LogP contribution in [0, 0.1) is 11.6 Å². The molecule has 0 aliphatic heterocycles. The van der Waals surface area contributed by atoms with Crippen LogP contribution >= 0.6 is 0 Å². The highest BCUT2D eigenvalue weighted by Gasteiger charge is 2.19. The zero-order valence-electron chi connectivity index (χ0n) is 10.3. The summed E-state index contributed by atoms with van der Waals surface area (Å²) in [5.74, 6) is -1.84. The number of sulfonamides is 1. The van der Waals surface area contributed by atoms with E-state index in [1.165, 1.54) is 12.1 Å². The highest BCUT2D eigenvalue weighted by molar-refractivity contribution is 7.92. The first-order valence-electron chi connectivity index (χ1n) is 5.69. The van der Waals surface area contributed by atoms with Crippen molar-refractivity contribution in [1.29, 1.82) is 0 Å². The summed E-state index contributed by atoms with van der Waals surface area (Å²) < 4.78 is 52.7. The molecule has 2 aromatic carbocycles. The van der Waals surface area contributed by atoms with Gasteiger partial charge in [0.1, 0.15) is 16.5 Å². The van der Waals surface area contributed by atoms with Crippen molar-refractivity contribution in [3.63, 3.8) is 0 Å². The fourth-order valence-electron chi connectivity index (χ4n) is 1.60. The highest BCUT2D eigenvalue weighted by atomic mass is 32.2. The van der Waals surface area contributed by atoms with Crippen LogP contribution in [-0.4, -0.2) is 8.42 Å². The Morgan fingerprint density at radius 3 is 2.30 bits per heavy atom. The molecule has 20 heavy (non-hydrogen) atoms. The van der Waals surface area contributed by atoms with Gasteiger partial charge in [-0.15, -0.1) is 0 Å².